The van der Waals surface area contributed by atoms with E-state index in [4.69, 9.17) is 4.74 Å². The number of rotatable bonds is 6. The Morgan fingerprint density at radius 3 is 3.22 bits per heavy atom. The summed E-state index contributed by atoms with van der Waals surface area (Å²) in [5, 5.41) is 12.3. The Kier molecular flexibility index (Phi) is 5.40. The zero-order valence-electron chi connectivity index (χ0n) is 10.3. The average molecular weight is 287 g/mol. The number of amides is 1. The third kappa shape index (κ3) is 3.93. The SMILES string of the molecule is CSCCCC(=O)Nc1nnc(C2CCCO2)s1. The van der Waals surface area contributed by atoms with Crippen LogP contribution in [0, 0.1) is 0 Å². The second kappa shape index (κ2) is 7.06. The number of thioether (sulfide) groups is 1. The Morgan fingerprint density at radius 2 is 2.50 bits per heavy atom. The van der Waals surface area contributed by atoms with Gasteiger partial charge >= 0.3 is 0 Å². The molecule has 0 bridgehead atoms. The van der Waals surface area contributed by atoms with Gasteiger partial charge in [0.2, 0.25) is 11.0 Å². The van der Waals surface area contributed by atoms with Crippen molar-refractivity contribution in [2.75, 3.05) is 23.9 Å². The van der Waals surface area contributed by atoms with E-state index < -0.39 is 0 Å². The van der Waals surface area contributed by atoms with E-state index in [1.165, 1.54) is 11.3 Å². The fraction of sp³-hybridized carbons (Fsp3) is 0.727. The number of nitrogens with one attached hydrogen (secondary N) is 1. The molecule has 0 aromatic carbocycles. The molecule has 0 spiro atoms. The second-order valence-corrected chi connectivity index (χ2v) is 6.09. The molecule has 2 heterocycles. The van der Waals surface area contributed by atoms with Crippen LogP contribution in [0.3, 0.4) is 0 Å². The van der Waals surface area contributed by atoms with Crippen molar-refractivity contribution >= 4 is 34.1 Å². The number of anilines is 1. The number of hydrogen-bond donors (Lipinski definition) is 1. The highest BCUT2D eigenvalue weighted by atomic mass is 32.2. The summed E-state index contributed by atoms with van der Waals surface area (Å²) in [5.74, 6) is 1.02. The van der Waals surface area contributed by atoms with E-state index in [-0.39, 0.29) is 12.0 Å². The number of carbonyl (C=O) groups excluding carboxylic acids is 1. The fourth-order valence-electron chi connectivity index (χ4n) is 1.75. The lowest BCUT2D eigenvalue weighted by molar-refractivity contribution is -0.116. The maximum atomic E-state index is 11.6. The molecule has 1 aromatic heterocycles. The molecule has 1 fully saturated rings. The normalized spacial score (nSPS) is 19.1. The van der Waals surface area contributed by atoms with Crippen molar-refractivity contribution in [3.63, 3.8) is 0 Å². The van der Waals surface area contributed by atoms with Crippen molar-refractivity contribution < 1.29 is 9.53 Å². The minimum Gasteiger partial charge on any atom is -0.371 e. The molecule has 7 heteroatoms. The first-order chi connectivity index (χ1) is 8.79. The van der Waals surface area contributed by atoms with Gasteiger partial charge < -0.3 is 10.1 Å². The molecule has 0 saturated carbocycles. The number of ether oxygens (including phenoxy) is 1. The van der Waals surface area contributed by atoms with Crippen LogP contribution >= 0.6 is 23.1 Å². The van der Waals surface area contributed by atoms with Gasteiger partial charge in [-0.25, -0.2) is 0 Å². The largest absolute Gasteiger partial charge is 0.371 e. The third-order valence-electron chi connectivity index (χ3n) is 2.64. The van der Waals surface area contributed by atoms with E-state index in [0.717, 1.165) is 36.6 Å². The molecule has 1 N–H and O–H groups in total. The Balaban J connectivity index is 1.80. The predicted octanol–water partition coefficient (Wildman–Crippen LogP) is 2.47. The van der Waals surface area contributed by atoms with Gasteiger partial charge in [-0.1, -0.05) is 11.3 Å². The number of carbonyl (C=O) groups is 1. The third-order valence-corrected chi connectivity index (χ3v) is 4.27. The van der Waals surface area contributed by atoms with Crippen LogP contribution in [0.1, 0.15) is 36.8 Å². The molecule has 0 radical (unpaired) electrons. The smallest absolute Gasteiger partial charge is 0.226 e. The standard InChI is InChI=1S/C11H17N3O2S2/c1-17-7-3-5-9(15)12-11-14-13-10(18-11)8-4-2-6-16-8/h8H,2-7H2,1H3,(H,12,14,15). The van der Waals surface area contributed by atoms with Gasteiger partial charge in [-0.3, -0.25) is 4.79 Å². The molecule has 1 atom stereocenters. The van der Waals surface area contributed by atoms with Crippen molar-refractivity contribution in [1.29, 1.82) is 0 Å². The highest BCUT2D eigenvalue weighted by molar-refractivity contribution is 7.98. The summed E-state index contributed by atoms with van der Waals surface area (Å²) in [4.78, 5) is 11.6. The summed E-state index contributed by atoms with van der Waals surface area (Å²) in [6.07, 6.45) is 5.61. The lowest BCUT2D eigenvalue weighted by atomic mass is 10.2. The first kappa shape index (κ1) is 13.8. The molecule has 1 saturated heterocycles. The molecule has 5 nitrogen and oxygen atoms in total. The monoisotopic (exact) mass is 287 g/mol. The molecule has 18 heavy (non-hydrogen) atoms. The predicted molar refractivity (Wildman–Crippen MR) is 74.1 cm³/mol. The van der Waals surface area contributed by atoms with Gasteiger partial charge in [-0.15, -0.1) is 10.2 Å². The zero-order valence-corrected chi connectivity index (χ0v) is 12.0. The average Bonchev–Trinajstić information content (AvgIpc) is 2.98. The van der Waals surface area contributed by atoms with E-state index in [9.17, 15) is 4.79 Å². The van der Waals surface area contributed by atoms with Crippen LogP contribution in [0.25, 0.3) is 0 Å². The molecule has 100 valence electrons. The quantitative estimate of drug-likeness (QED) is 0.814. The molecular weight excluding hydrogens is 270 g/mol. The minimum atomic E-state index is 0.0130. The molecule has 1 aliphatic heterocycles. The van der Waals surface area contributed by atoms with Gasteiger partial charge in [-0.2, -0.15) is 11.8 Å². The minimum absolute atomic E-state index is 0.0130. The van der Waals surface area contributed by atoms with Gasteiger partial charge in [0.1, 0.15) is 11.1 Å². The van der Waals surface area contributed by atoms with Crippen molar-refractivity contribution in [3.8, 4) is 0 Å². The van der Waals surface area contributed by atoms with Crippen LogP contribution < -0.4 is 5.32 Å². The maximum Gasteiger partial charge on any atom is 0.226 e. The van der Waals surface area contributed by atoms with Crippen LogP contribution in [0.15, 0.2) is 0 Å². The first-order valence-electron chi connectivity index (χ1n) is 6.03. The number of nitrogens with zero attached hydrogens (tertiary/aromatic N) is 2. The van der Waals surface area contributed by atoms with Crippen LogP contribution in [-0.2, 0) is 9.53 Å². The van der Waals surface area contributed by atoms with E-state index in [1.54, 1.807) is 11.8 Å². The van der Waals surface area contributed by atoms with Crippen LogP contribution in [0.5, 0.6) is 0 Å². The maximum absolute atomic E-state index is 11.6. The van der Waals surface area contributed by atoms with E-state index in [1.807, 2.05) is 6.26 Å². The Hall–Kier alpha value is -0.660. The van der Waals surface area contributed by atoms with E-state index in [0.29, 0.717) is 11.6 Å². The lowest BCUT2D eigenvalue weighted by Gasteiger charge is -2.02. The van der Waals surface area contributed by atoms with Crippen molar-refractivity contribution in [2.24, 2.45) is 0 Å². The molecular formula is C11H17N3O2S2. The molecule has 1 aromatic rings. The Bertz CT molecular complexity index is 391. The summed E-state index contributed by atoms with van der Waals surface area (Å²) < 4.78 is 5.53. The second-order valence-electron chi connectivity index (χ2n) is 4.09. The molecule has 1 aliphatic rings. The topological polar surface area (TPSA) is 64.1 Å². The fourth-order valence-corrected chi connectivity index (χ4v) is 3.02. The lowest BCUT2D eigenvalue weighted by Crippen LogP contribution is -2.11. The van der Waals surface area contributed by atoms with Crippen LogP contribution in [-0.4, -0.2) is 34.7 Å². The molecule has 0 aliphatic carbocycles. The van der Waals surface area contributed by atoms with Crippen molar-refractivity contribution in [2.45, 2.75) is 31.8 Å². The molecule has 2 rings (SSSR count). The highest BCUT2D eigenvalue weighted by Crippen LogP contribution is 2.31. The first-order valence-corrected chi connectivity index (χ1v) is 8.24. The molecule has 1 amide bonds. The van der Waals surface area contributed by atoms with Crippen molar-refractivity contribution in [3.05, 3.63) is 5.01 Å². The summed E-state index contributed by atoms with van der Waals surface area (Å²) in [5.41, 5.74) is 0. The van der Waals surface area contributed by atoms with Gasteiger partial charge in [0, 0.05) is 13.0 Å². The molecule has 1 unspecified atom stereocenters. The van der Waals surface area contributed by atoms with Crippen LogP contribution in [0.2, 0.25) is 0 Å². The van der Waals surface area contributed by atoms with E-state index in [2.05, 4.69) is 15.5 Å². The summed E-state index contributed by atoms with van der Waals surface area (Å²) in [6.45, 7) is 0.792. The van der Waals surface area contributed by atoms with Gasteiger partial charge in [0.15, 0.2) is 0 Å². The van der Waals surface area contributed by atoms with Gasteiger partial charge in [0.05, 0.1) is 0 Å². The zero-order chi connectivity index (χ0) is 12.8. The van der Waals surface area contributed by atoms with Crippen molar-refractivity contribution in [1.82, 2.24) is 10.2 Å². The Labute approximate surface area is 115 Å². The van der Waals surface area contributed by atoms with Gasteiger partial charge in [0.25, 0.3) is 0 Å². The van der Waals surface area contributed by atoms with E-state index >= 15 is 0 Å². The summed E-state index contributed by atoms with van der Waals surface area (Å²) in [6, 6.07) is 0. The highest BCUT2D eigenvalue weighted by Gasteiger charge is 2.22. The van der Waals surface area contributed by atoms with Gasteiger partial charge in [-0.05, 0) is 31.3 Å². The summed E-state index contributed by atoms with van der Waals surface area (Å²) in [7, 11) is 0. The summed E-state index contributed by atoms with van der Waals surface area (Å²) >= 11 is 3.16. The Morgan fingerprint density at radius 1 is 1.61 bits per heavy atom. The number of hydrogen-bond acceptors (Lipinski definition) is 6. The van der Waals surface area contributed by atoms with Crippen LogP contribution in [0.4, 0.5) is 5.13 Å². The number of aromatic nitrogens is 2.